The summed E-state index contributed by atoms with van der Waals surface area (Å²) in [5.74, 6) is 1.09. The van der Waals surface area contributed by atoms with Crippen molar-refractivity contribution < 1.29 is 9.59 Å². The number of aryl methyl sites for hydroxylation is 1. The van der Waals surface area contributed by atoms with Crippen LogP contribution < -0.4 is 5.32 Å². The highest BCUT2D eigenvalue weighted by Crippen LogP contribution is 2.22. The standard InChI is InChI=1S/C18H23N3O2S/c1-3-14(19-17(22)10-21-12-24-11-18(21)23)8-13-9-20(2)16-7-5-4-6-15(13)16/h4-7,9,14H,3,8,10-12H2,1-2H3,(H,19,22). The van der Waals surface area contributed by atoms with Crippen molar-refractivity contribution in [3.05, 3.63) is 36.0 Å². The molecule has 1 aromatic heterocycles. The van der Waals surface area contributed by atoms with Gasteiger partial charge in [0.05, 0.1) is 11.6 Å². The summed E-state index contributed by atoms with van der Waals surface area (Å²) < 4.78 is 2.12. The number of aromatic nitrogens is 1. The van der Waals surface area contributed by atoms with Gasteiger partial charge in [0.1, 0.15) is 6.54 Å². The van der Waals surface area contributed by atoms with Crippen molar-refractivity contribution in [2.75, 3.05) is 18.2 Å². The number of carbonyl (C=O) groups is 2. The van der Waals surface area contributed by atoms with E-state index in [-0.39, 0.29) is 24.4 Å². The zero-order valence-electron chi connectivity index (χ0n) is 14.1. The van der Waals surface area contributed by atoms with E-state index in [9.17, 15) is 9.59 Å². The van der Waals surface area contributed by atoms with E-state index in [0.29, 0.717) is 11.6 Å². The molecule has 128 valence electrons. The molecule has 1 fully saturated rings. The number of hydrogen-bond acceptors (Lipinski definition) is 3. The zero-order valence-corrected chi connectivity index (χ0v) is 14.9. The summed E-state index contributed by atoms with van der Waals surface area (Å²) in [5.41, 5.74) is 2.45. The molecule has 2 aromatic rings. The van der Waals surface area contributed by atoms with Crippen LogP contribution in [-0.4, -0.2) is 45.5 Å². The maximum Gasteiger partial charge on any atom is 0.239 e. The Bertz CT molecular complexity index is 756. The van der Waals surface area contributed by atoms with Gasteiger partial charge in [-0.25, -0.2) is 0 Å². The molecule has 24 heavy (non-hydrogen) atoms. The summed E-state index contributed by atoms with van der Waals surface area (Å²) in [7, 11) is 2.04. The third kappa shape index (κ3) is 3.59. The minimum atomic E-state index is -0.0714. The molecule has 1 N–H and O–H groups in total. The van der Waals surface area contributed by atoms with Crippen LogP contribution in [0.25, 0.3) is 10.9 Å². The van der Waals surface area contributed by atoms with E-state index in [0.717, 1.165) is 12.8 Å². The van der Waals surface area contributed by atoms with Crippen LogP contribution in [0.5, 0.6) is 0 Å². The molecule has 6 heteroatoms. The maximum absolute atomic E-state index is 12.3. The highest BCUT2D eigenvalue weighted by molar-refractivity contribution is 8.00. The van der Waals surface area contributed by atoms with Crippen LogP contribution in [0.15, 0.2) is 30.5 Å². The van der Waals surface area contributed by atoms with Crippen LogP contribution in [0.2, 0.25) is 0 Å². The average molecular weight is 345 g/mol. The van der Waals surface area contributed by atoms with Crippen LogP contribution in [0, 0.1) is 0 Å². The Morgan fingerprint density at radius 3 is 2.88 bits per heavy atom. The molecule has 1 aliphatic heterocycles. The third-order valence-electron chi connectivity index (χ3n) is 4.46. The normalized spacial score (nSPS) is 15.9. The molecule has 0 aliphatic carbocycles. The minimum Gasteiger partial charge on any atom is -0.352 e. The van der Waals surface area contributed by atoms with Crippen molar-refractivity contribution in [2.24, 2.45) is 7.05 Å². The van der Waals surface area contributed by atoms with E-state index in [2.05, 4.69) is 35.1 Å². The number of thioether (sulfide) groups is 1. The first-order chi connectivity index (χ1) is 11.6. The van der Waals surface area contributed by atoms with E-state index >= 15 is 0 Å². The average Bonchev–Trinajstić information content (AvgIpc) is 3.11. The molecule has 5 nitrogen and oxygen atoms in total. The summed E-state index contributed by atoms with van der Waals surface area (Å²) in [6, 6.07) is 8.39. The number of benzene rings is 1. The van der Waals surface area contributed by atoms with Crippen molar-refractivity contribution in [3.8, 4) is 0 Å². The van der Waals surface area contributed by atoms with Crippen LogP contribution in [0.1, 0.15) is 18.9 Å². The highest BCUT2D eigenvalue weighted by atomic mass is 32.2. The first-order valence-corrected chi connectivity index (χ1v) is 9.41. The Morgan fingerprint density at radius 2 is 2.17 bits per heavy atom. The summed E-state index contributed by atoms with van der Waals surface area (Å²) in [4.78, 5) is 25.5. The lowest BCUT2D eigenvalue weighted by molar-refractivity contribution is -0.132. The Kier molecular flexibility index (Phi) is 5.14. The molecule has 3 rings (SSSR count). The fourth-order valence-electron chi connectivity index (χ4n) is 3.14. The molecule has 1 unspecified atom stereocenters. The molecule has 1 atom stereocenters. The van der Waals surface area contributed by atoms with E-state index in [1.807, 2.05) is 19.2 Å². The number of para-hydroxylation sites is 1. The van der Waals surface area contributed by atoms with Crippen LogP contribution in [0.3, 0.4) is 0 Å². The number of carbonyl (C=O) groups excluding carboxylic acids is 2. The summed E-state index contributed by atoms with van der Waals surface area (Å²) in [5, 5.41) is 4.32. The molecule has 2 amide bonds. The first-order valence-electron chi connectivity index (χ1n) is 8.26. The van der Waals surface area contributed by atoms with Crippen molar-refractivity contribution in [1.29, 1.82) is 0 Å². The van der Waals surface area contributed by atoms with Gasteiger partial charge in [-0.05, 0) is 24.5 Å². The molecule has 1 saturated heterocycles. The second-order valence-corrected chi connectivity index (χ2v) is 7.18. The Labute approximate surface area is 146 Å². The number of fused-ring (bicyclic) bond motifs is 1. The lowest BCUT2D eigenvalue weighted by atomic mass is 10.0. The van der Waals surface area contributed by atoms with Crippen molar-refractivity contribution >= 4 is 34.5 Å². The molecule has 0 saturated carbocycles. The molecular weight excluding hydrogens is 322 g/mol. The molecular formula is C18H23N3O2S. The van der Waals surface area contributed by atoms with Gasteiger partial charge in [-0.3, -0.25) is 9.59 Å². The number of nitrogens with zero attached hydrogens (tertiary/aromatic N) is 2. The van der Waals surface area contributed by atoms with E-state index in [4.69, 9.17) is 0 Å². The summed E-state index contributed by atoms with van der Waals surface area (Å²) in [6.45, 7) is 2.24. The topological polar surface area (TPSA) is 54.3 Å². The van der Waals surface area contributed by atoms with Gasteiger partial charge >= 0.3 is 0 Å². The Hall–Kier alpha value is -1.95. The van der Waals surface area contributed by atoms with Crippen molar-refractivity contribution in [1.82, 2.24) is 14.8 Å². The predicted octanol–water partition coefficient (Wildman–Crippen LogP) is 2.15. The number of amides is 2. The van der Waals surface area contributed by atoms with Gasteiger partial charge in [-0.15, -0.1) is 11.8 Å². The largest absolute Gasteiger partial charge is 0.352 e. The maximum atomic E-state index is 12.3. The van der Waals surface area contributed by atoms with Crippen molar-refractivity contribution in [2.45, 2.75) is 25.8 Å². The Balaban J connectivity index is 1.65. The smallest absolute Gasteiger partial charge is 0.239 e. The molecule has 0 bridgehead atoms. The zero-order chi connectivity index (χ0) is 17.1. The van der Waals surface area contributed by atoms with Crippen LogP contribution >= 0.6 is 11.8 Å². The molecule has 0 radical (unpaired) electrons. The van der Waals surface area contributed by atoms with E-state index in [1.165, 1.54) is 16.5 Å². The lowest BCUT2D eigenvalue weighted by Gasteiger charge is -2.19. The van der Waals surface area contributed by atoms with Gasteiger partial charge < -0.3 is 14.8 Å². The summed E-state index contributed by atoms with van der Waals surface area (Å²) >= 11 is 1.56. The van der Waals surface area contributed by atoms with E-state index in [1.54, 1.807) is 16.7 Å². The SMILES string of the molecule is CCC(Cc1cn(C)c2ccccc12)NC(=O)CN1CSCC1=O. The summed E-state index contributed by atoms with van der Waals surface area (Å²) in [6.07, 6.45) is 3.80. The predicted molar refractivity (Wildman–Crippen MR) is 97.9 cm³/mol. The van der Waals surface area contributed by atoms with Gasteiger partial charge in [0.15, 0.2) is 0 Å². The van der Waals surface area contributed by atoms with Crippen LogP contribution in [-0.2, 0) is 23.1 Å². The van der Waals surface area contributed by atoms with Gasteiger partial charge in [-0.1, -0.05) is 25.1 Å². The van der Waals surface area contributed by atoms with Gasteiger partial charge in [-0.2, -0.15) is 0 Å². The quantitative estimate of drug-likeness (QED) is 0.873. The fraction of sp³-hybridized carbons (Fsp3) is 0.444. The van der Waals surface area contributed by atoms with E-state index < -0.39 is 0 Å². The van der Waals surface area contributed by atoms with Crippen molar-refractivity contribution in [3.63, 3.8) is 0 Å². The van der Waals surface area contributed by atoms with Crippen LogP contribution in [0.4, 0.5) is 0 Å². The second-order valence-electron chi connectivity index (χ2n) is 6.23. The van der Waals surface area contributed by atoms with Gasteiger partial charge in [0.2, 0.25) is 11.8 Å². The molecule has 2 heterocycles. The minimum absolute atomic E-state index is 0.0530. The lowest BCUT2D eigenvalue weighted by Crippen LogP contribution is -2.43. The number of nitrogens with one attached hydrogen (secondary N) is 1. The van der Waals surface area contributed by atoms with Gasteiger partial charge in [0.25, 0.3) is 0 Å². The monoisotopic (exact) mass is 345 g/mol. The first kappa shape index (κ1) is 16.9. The molecule has 0 spiro atoms. The second kappa shape index (κ2) is 7.30. The molecule has 1 aliphatic rings. The Morgan fingerprint density at radius 1 is 1.38 bits per heavy atom. The molecule has 1 aromatic carbocycles. The fourth-order valence-corrected chi connectivity index (χ4v) is 4.04. The number of hydrogen-bond donors (Lipinski definition) is 1. The third-order valence-corrected chi connectivity index (χ3v) is 5.41. The van der Waals surface area contributed by atoms with Gasteiger partial charge in [0, 0.05) is 30.2 Å². The number of rotatable bonds is 6. The highest BCUT2D eigenvalue weighted by Gasteiger charge is 2.24.